The normalized spacial score (nSPS) is 12.4. The molecule has 0 aliphatic heterocycles. The first-order chi connectivity index (χ1) is 10.1. The zero-order valence-corrected chi connectivity index (χ0v) is 14.6. The Morgan fingerprint density at radius 2 is 2.09 bits per heavy atom. The van der Waals surface area contributed by atoms with E-state index in [-0.39, 0.29) is 18.3 Å². The molecule has 0 spiro atoms. The van der Waals surface area contributed by atoms with E-state index >= 15 is 0 Å². The van der Waals surface area contributed by atoms with Gasteiger partial charge in [0.05, 0.1) is 4.92 Å². The summed E-state index contributed by atoms with van der Waals surface area (Å²) in [6.07, 6.45) is -0.522. The number of nitro benzene ring substituents is 1. The van der Waals surface area contributed by atoms with E-state index in [4.69, 9.17) is 4.74 Å². The zero-order chi connectivity index (χ0) is 16.9. The Morgan fingerprint density at radius 1 is 1.45 bits per heavy atom. The van der Waals surface area contributed by atoms with E-state index in [0.717, 1.165) is 0 Å². The second-order valence-electron chi connectivity index (χ2n) is 5.85. The summed E-state index contributed by atoms with van der Waals surface area (Å²) < 4.78 is 5.75. The Kier molecular flexibility index (Phi) is 6.16. The SMILES string of the molecule is CC(CNC(=O)OC(C)(C)C)Nc1ccc(Br)cc1[N+](=O)[O-]. The van der Waals surface area contributed by atoms with Gasteiger partial charge in [-0.3, -0.25) is 10.1 Å². The van der Waals surface area contributed by atoms with Gasteiger partial charge in [0.1, 0.15) is 11.3 Å². The van der Waals surface area contributed by atoms with Crippen LogP contribution in [0.5, 0.6) is 0 Å². The average molecular weight is 374 g/mol. The summed E-state index contributed by atoms with van der Waals surface area (Å²) in [7, 11) is 0. The third kappa shape index (κ3) is 6.30. The summed E-state index contributed by atoms with van der Waals surface area (Å²) in [5.41, 5.74) is -0.198. The number of anilines is 1. The lowest BCUT2D eigenvalue weighted by Crippen LogP contribution is -2.38. The molecule has 7 nitrogen and oxygen atoms in total. The lowest BCUT2D eigenvalue weighted by atomic mass is 10.2. The monoisotopic (exact) mass is 373 g/mol. The molecule has 122 valence electrons. The Morgan fingerprint density at radius 3 is 2.64 bits per heavy atom. The predicted molar refractivity (Wildman–Crippen MR) is 88.1 cm³/mol. The maximum Gasteiger partial charge on any atom is 0.407 e. The molecule has 1 aromatic rings. The number of carbonyl (C=O) groups is 1. The molecule has 22 heavy (non-hydrogen) atoms. The number of alkyl carbamates (subject to hydrolysis) is 1. The summed E-state index contributed by atoms with van der Waals surface area (Å²) in [5.74, 6) is 0. The van der Waals surface area contributed by atoms with Gasteiger partial charge in [0.25, 0.3) is 5.69 Å². The van der Waals surface area contributed by atoms with Crippen molar-refractivity contribution in [2.75, 3.05) is 11.9 Å². The first-order valence-corrected chi connectivity index (χ1v) is 7.55. The molecule has 1 rings (SSSR count). The fraction of sp³-hybridized carbons (Fsp3) is 0.500. The van der Waals surface area contributed by atoms with Crippen LogP contribution in [0.3, 0.4) is 0 Å². The minimum Gasteiger partial charge on any atom is -0.444 e. The summed E-state index contributed by atoms with van der Waals surface area (Å²) in [5, 5.41) is 16.7. The maximum absolute atomic E-state index is 11.6. The molecule has 1 unspecified atom stereocenters. The van der Waals surface area contributed by atoms with E-state index < -0.39 is 16.6 Å². The fourth-order valence-electron chi connectivity index (χ4n) is 1.64. The molecule has 0 bridgehead atoms. The van der Waals surface area contributed by atoms with Crippen molar-refractivity contribution in [2.45, 2.75) is 39.3 Å². The Bertz CT molecular complexity index is 558. The van der Waals surface area contributed by atoms with Crippen molar-refractivity contribution in [1.29, 1.82) is 0 Å². The summed E-state index contributed by atoms with van der Waals surface area (Å²) in [6.45, 7) is 7.42. The summed E-state index contributed by atoms with van der Waals surface area (Å²) >= 11 is 3.20. The quantitative estimate of drug-likeness (QED) is 0.606. The minimum atomic E-state index is -0.564. The van der Waals surface area contributed by atoms with E-state index in [1.807, 2.05) is 6.92 Å². The van der Waals surface area contributed by atoms with Gasteiger partial charge in [-0.2, -0.15) is 0 Å². The highest BCUT2D eigenvalue weighted by Crippen LogP contribution is 2.28. The molecule has 0 heterocycles. The Balaban J connectivity index is 2.61. The largest absolute Gasteiger partial charge is 0.444 e. The topological polar surface area (TPSA) is 93.5 Å². The smallest absolute Gasteiger partial charge is 0.407 e. The first-order valence-electron chi connectivity index (χ1n) is 6.76. The third-order valence-electron chi connectivity index (χ3n) is 2.51. The van der Waals surface area contributed by atoms with Crippen LogP contribution in [-0.2, 0) is 4.74 Å². The Hall–Kier alpha value is -1.83. The molecule has 0 saturated carbocycles. The summed E-state index contributed by atoms with van der Waals surface area (Å²) in [4.78, 5) is 22.1. The summed E-state index contributed by atoms with van der Waals surface area (Å²) in [6, 6.07) is 4.55. The van der Waals surface area contributed by atoms with E-state index in [1.165, 1.54) is 6.07 Å². The Labute approximate surface area is 137 Å². The van der Waals surface area contributed by atoms with Crippen molar-refractivity contribution in [1.82, 2.24) is 5.32 Å². The van der Waals surface area contributed by atoms with Gasteiger partial charge in [0, 0.05) is 23.1 Å². The van der Waals surface area contributed by atoms with E-state index in [2.05, 4.69) is 26.6 Å². The molecule has 0 fully saturated rings. The molecule has 0 radical (unpaired) electrons. The highest BCUT2D eigenvalue weighted by molar-refractivity contribution is 9.10. The third-order valence-corrected chi connectivity index (χ3v) is 3.00. The van der Waals surface area contributed by atoms with Gasteiger partial charge < -0.3 is 15.4 Å². The average Bonchev–Trinajstić information content (AvgIpc) is 2.36. The number of hydrogen-bond acceptors (Lipinski definition) is 5. The highest BCUT2D eigenvalue weighted by atomic mass is 79.9. The molecule has 1 aromatic carbocycles. The van der Waals surface area contributed by atoms with E-state index in [1.54, 1.807) is 32.9 Å². The number of hydrogen-bond donors (Lipinski definition) is 2. The van der Waals surface area contributed by atoms with Crippen LogP contribution in [0.2, 0.25) is 0 Å². The number of amides is 1. The molecule has 0 aromatic heterocycles. The number of nitrogens with one attached hydrogen (secondary N) is 2. The highest BCUT2D eigenvalue weighted by Gasteiger charge is 2.18. The van der Waals surface area contributed by atoms with Crippen LogP contribution < -0.4 is 10.6 Å². The molecule has 2 N–H and O–H groups in total. The van der Waals surface area contributed by atoms with Gasteiger partial charge in [-0.25, -0.2) is 4.79 Å². The molecule has 1 amide bonds. The van der Waals surface area contributed by atoms with Crippen molar-refractivity contribution in [2.24, 2.45) is 0 Å². The number of carbonyl (C=O) groups excluding carboxylic acids is 1. The van der Waals surface area contributed by atoms with Gasteiger partial charge in [-0.05, 0) is 39.8 Å². The van der Waals surface area contributed by atoms with Crippen molar-refractivity contribution in [3.05, 3.63) is 32.8 Å². The van der Waals surface area contributed by atoms with Gasteiger partial charge >= 0.3 is 6.09 Å². The number of benzene rings is 1. The molecule has 0 aliphatic carbocycles. The van der Waals surface area contributed by atoms with Crippen molar-refractivity contribution in [3.8, 4) is 0 Å². The first kappa shape index (κ1) is 18.2. The van der Waals surface area contributed by atoms with Crippen molar-refractivity contribution in [3.63, 3.8) is 0 Å². The van der Waals surface area contributed by atoms with E-state index in [0.29, 0.717) is 10.2 Å². The predicted octanol–water partition coefficient (Wildman–Crippen LogP) is 3.68. The number of rotatable bonds is 5. The number of halogens is 1. The zero-order valence-electron chi connectivity index (χ0n) is 13.0. The van der Waals surface area contributed by atoms with Crippen LogP contribution in [-0.4, -0.2) is 29.2 Å². The van der Waals surface area contributed by atoms with Crippen molar-refractivity contribution < 1.29 is 14.5 Å². The minimum absolute atomic E-state index is 0.0292. The standard InChI is InChI=1S/C14H20BrN3O4/c1-9(8-16-13(19)22-14(2,3)4)17-11-6-5-10(15)7-12(11)18(20)21/h5-7,9,17H,8H2,1-4H3,(H,16,19). The van der Waals surface area contributed by atoms with Crippen molar-refractivity contribution >= 4 is 33.4 Å². The van der Waals surface area contributed by atoms with Crippen LogP contribution in [0.1, 0.15) is 27.7 Å². The molecular formula is C14H20BrN3O4. The maximum atomic E-state index is 11.6. The van der Waals surface area contributed by atoms with Gasteiger partial charge in [-0.15, -0.1) is 0 Å². The fourth-order valence-corrected chi connectivity index (χ4v) is 1.99. The molecule has 0 saturated heterocycles. The lowest BCUT2D eigenvalue weighted by Gasteiger charge is -2.21. The number of nitrogens with zero attached hydrogens (tertiary/aromatic N) is 1. The van der Waals surface area contributed by atoms with Gasteiger partial charge in [0.15, 0.2) is 0 Å². The van der Waals surface area contributed by atoms with Gasteiger partial charge in [0.2, 0.25) is 0 Å². The number of ether oxygens (including phenoxy) is 1. The second-order valence-corrected chi connectivity index (χ2v) is 6.76. The molecule has 8 heteroatoms. The number of nitro groups is 1. The lowest BCUT2D eigenvalue weighted by molar-refractivity contribution is -0.384. The molecule has 0 aliphatic rings. The van der Waals surface area contributed by atoms with Crippen LogP contribution in [0.15, 0.2) is 22.7 Å². The van der Waals surface area contributed by atoms with Crippen LogP contribution in [0.4, 0.5) is 16.2 Å². The van der Waals surface area contributed by atoms with Crippen LogP contribution in [0.25, 0.3) is 0 Å². The van der Waals surface area contributed by atoms with Crippen LogP contribution in [0, 0.1) is 10.1 Å². The second kappa shape index (κ2) is 7.44. The molecule has 1 atom stereocenters. The van der Waals surface area contributed by atoms with Gasteiger partial charge in [-0.1, -0.05) is 15.9 Å². The van der Waals surface area contributed by atoms with Crippen LogP contribution >= 0.6 is 15.9 Å². The van der Waals surface area contributed by atoms with E-state index in [9.17, 15) is 14.9 Å². The molecular weight excluding hydrogens is 354 g/mol.